The second-order valence-electron chi connectivity index (χ2n) is 4.11. The molecule has 0 aliphatic heterocycles. The van der Waals surface area contributed by atoms with Crippen LogP contribution in [0.15, 0.2) is 30.3 Å². The summed E-state index contributed by atoms with van der Waals surface area (Å²) in [5, 5.41) is 2.60. The van der Waals surface area contributed by atoms with Crippen molar-refractivity contribution in [3.05, 3.63) is 58.4 Å². The van der Waals surface area contributed by atoms with Crippen molar-refractivity contribution in [1.82, 2.24) is 4.98 Å². The average Bonchev–Trinajstić information content (AvgIpc) is 2.40. The molecule has 0 aliphatic carbocycles. The SMILES string of the molecule is Fc1ccc(NCc2ccc(F)c(C(F)(F)F)n2)cc1Cl. The Hall–Kier alpha value is -1.89. The second-order valence-corrected chi connectivity index (χ2v) is 4.52. The van der Waals surface area contributed by atoms with Gasteiger partial charge < -0.3 is 5.32 Å². The largest absolute Gasteiger partial charge is 0.436 e. The Morgan fingerprint density at radius 1 is 1.05 bits per heavy atom. The number of halogens is 6. The van der Waals surface area contributed by atoms with E-state index in [-0.39, 0.29) is 17.3 Å². The Kier molecular flexibility index (Phi) is 4.32. The van der Waals surface area contributed by atoms with Crippen LogP contribution in [0.2, 0.25) is 5.02 Å². The third-order valence-electron chi connectivity index (χ3n) is 2.57. The van der Waals surface area contributed by atoms with E-state index in [9.17, 15) is 22.0 Å². The van der Waals surface area contributed by atoms with Crippen LogP contribution in [0.25, 0.3) is 0 Å². The first-order valence-corrected chi connectivity index (χ1v) is 6.06. The molecule has 0 atom stereocenters. The van der Waals surface area contributed by atoms with Crippen LogP contribution in [0.5, 0.6) is 0 Å². The molecular formula is C13H8ClF5N2. The Labute approximate surface area is 121 Å². The van der Waals surface area contributed by atoms with Gasteiger partial charge in [0.15, 0.2) is 11.5 Å². The number of pyridine rings is 1. The lowest BCUT2D eigenvalue weighted by Gasteiger charge is -2.10. The molecule has 0 aliphatic rings. The van der Waals surface area contributed by atoms with E-state index in [0.29, 0.717) is 11.8 Å². The highest BCUT2D eigenvalue weighted by Gasteiger charge is 2.36. The maximum Gasteiger partial charge on any atom is 0.436 e. The number of nitrogens with zero attached hydrogens (tertiary/aromatic N) is 1. The van der Waals surface area contributed by atoms with Gasteiger partial charge in [-0.15, -0.1) is 0 Å². The average molecular weight is 323 g/mol. The Morgan fingerprint density at radius 3 is 2.33 bits per heavy atom. The van der Waals surface area contributed by atoms with Crippen molar-refractivity contribution >= 4 is 17.3 Å². The number of hydrogen-bond acceptors (Lipinski definition) is 2. The molecule has 112 valence electrons. The quantitative estimate of drug-likeness (QED) is 0.832. The molecule has 2 rings (SSSR count). The van der Waals surface area contributed by atoms with E-state index >= 15 is 0 Å². The number of nitrogens with one attached hydrogen (secondary N) is 1. The van der Waals surface area contributed by atoms with Gasteiger partial charge in [0.25, 0.3) is 0 Å². The van der Waals surface area contributed by atoms with E-state index in [1.165, 1.54) is 12.1 Å². The number of anilines is 1. The van der Waals surface area contributed by atoms with Crippen LogP contribution in [-0.2, 0) is 12.7 Å². The van der Waals surface area contributed by atoms with E-state index in [4.69, 9.17) is 11.6 Å². The van der Waals surface area contributed by atoms with Crippen molar-refractivity contribution in [2.45, 2.75) is 12.7 Å². The molecule has 0 saturated carbocycles. The molecule has 2 nitrogen and oxygen atoms in total. The van der Waals surface area contributed by atoms with Gasteiger partial charge in [0.2, 0.25) is 0 Å². The molecule has 0 amide bonds. The highest BCUT2D eigenvalue weighted by Crippen LogP contribution is 2.29. The first-order valence-electron chi connectivity index (χ1n) is 5.69. The van der Waals surface area contributed by atoms with Crippen molar-refractivity contribution in [1.29, 1.82) is 0 Å². The van der Waals surface area contributed by atoms with Gasteiger partial charge in [-0.25, -0.2) is 13.8 Å². The van der Waals surface area contributed by atoms with Crippen molar-refractivity contribution in [3.63, 3.8) is 0 Å². The van der Waals surface area contributed by atoms with Gasteiger partial charge >= 0.3 is 6.18 Å². The fourth-order valence-corrected chi connectivity index (χ4v) is 1.76. The van der Waals surface area contributed by atoms with Crippen LogP contribution in [0.1, 0.15) is 11.4 Å². The van der Waals surface area contributed by atoms with Crippen LogP contribution in [0, 0.1) is 11.6 Å². The molecule has 8 heteroatoms. The summed E-state index contributed by atoms with van der Waals surface area (Å²) in [5.41, 5.74) is -1.18. The molecule has 1 N–H and O–H groups in total. The minimum Gasteiger partial charge on any atom is -0.379 e. The fraction of sp³-hybridized carbons (Fsp3) is 0.154. The molecule has 0 saturated heterocycles. The lowest BCUT2D eigenvalue weighted by Crippen LogP contribution is -2.13. The summed E-state index contributed by atoms with van der Waals surface area (Å²) in [5.74, 6) is -2.04. The first-order chi connectivity index (χ1) is 9.77. The van der Waals surface area contributed by atoms with E-state index in [1.54, 1.807) is 0 Å². The van der Waals surface area contributed by atoms with E-state index in [1.807, 2.05) is 0 Å². The molecule has 0 bridgehead atoms. The zero-order chi connectivity index (χ0) is 15.6. The molecule has 21 heavy (non-hydrogen) atoms. The normalized spacial score (nSPS) is 11.5. The van der Waals surface area contributed by atoms with Gasteiger partial charge in [-0.2, -0.15) is 13.2 Å². The third kappa shape index (κ3) is 3.81. The van der Waals surface area contributed by atoms with Gasteiger partial charge in [-0.05, 0) is 30.3 Å². The van der Waals surface area contributed by atoms with Gasteiger partial charge in [0.1, 0.15) is 5.82 Å². The minimum absolute atomic E-state index is 0.0100. The number of benzene rings is 1. The van der Waals surface area contributed by atoms with Crippen LogP contribution < -0.4 is 5.32 Å². The molecule has 2 aromatic rings. The van der Waals surface area contributed by atoms with Crippen LogP contribution >= 0.6 is 11.6 Å². The van der Waals surface area contributed by atoms with Gasteiger partial charge in [-0.1, -0.05) is 11.6 Å². The highest BCUT2D eigenvalue weighted by molar-refractivity contribution is 6.31. The number of alkyl halides is 3. The smallest absolute Gasteiger partial charge is 0.379 e. The lowest BCUT2D eigenvalue weighted by atomic mass is 10.2. The zero-order valence-electron chi connectivity index (χ0n) is 10.3. The van der Waals surface area contributed by atoms with E-state index in [2.05, 4.69) is 10.3 Å². The number of aromatic nitrogens is 1. The topological polar surface area (TPSA) is 24.9 Å². The first kappa shape index (κ1) is 15.5. The summed E-state index contributed by atoms with van der Waals surface area (Å²) >= 11 is 5.57. The Morgan fingerprint density at radius 2 is 1.71 bits per heavy atom. The minimum atomic E-state index is -4.86. The fourth-order valence-electron chi connectivity index (χ4n) is 1.58. The lowest BCUT2D eigenvalue weighted by molar-refractivity contribution is -0.143. The summed E-state index contributed by atoms with van der Waals surface area (Å²) in [7, 11) is 0. The highest BCUT2D eigenvalue weighted by atomic mass is 35.5. The Bertz CT molecular complexity index is 657. The van der Waals surface area contributed by atoms with Crippen molar-refractivity contribution in [3.8, 4) is 0 Å². The predicted molar refractivity (Wildman–Crippen MR) is 67.9 cm³/mol. The van der Waals surface area contributed by atoms with Crippen molar-refractivity contribution in [2.75, 3.05) is 5.32 Å². The van der Waals surface area contributed by atoms with Crippen LogP contribution in [0.3, 0.4) is 0 Å². The molecule has 1 aromatic heterocycles. The van der Waals surface area contributed by atoms with Crippen LogP contribution in [0.4, 0.5) is 27.6 Å². The zero-order valence-corrected chi connectivity index (χ0v) is 11.1. The maximum atomic E-state index is 13.1. The summed E-state index contributed by atoms with van der Waals surface area (Å²) in [6.07, 6.45) is -4.86. The monoisotopic (exact) mass is 322 g/mol. The molecule has 0 spiro atoms. The predicted octanol–water partition coefficient (Wildman–Crippen LogP) is 4.64. The standard InChI is InChI=1S/C13H8ClF5N2/c14-9-5-7(1-3-10(9)15)20-6-8-2-4-11(16)12(21-8)13(17,18)19/h1-5,20H,6H2. The molecule has 1 aromatic carbocycles. The molecule has 0 radical (unpaired) electrons. The number of rotatable bonds is 3. The van der Waals surface area contributed by atoms with E-state index in [0.717, 1.165) is 12.1 Å². The summed E-state index contributed by atoms with van der Waals surface area (Å²) in [4.78, 5) is 3.23. The van der Waals surface area contributed by atoms with Crippen molar-refractivity contribution in [2.24, 2.45) is 0 Å². The summed E-state index contributed by atoms with van der Waals surface area (Å²) < 4.78 is 63.5. The summed E-state index contributed by atoms with van der Waals surface area (Å²) in [6.45, 7) is -0.0919. The Balaban J connectivity index is 2.15. The second kappa shape index (κ2) is 5.85. The van der Waals surface area contributed by atoms with Crippen molar-refractivity contribution < 1.29 is 22.0 Å². The summed E-state index contributed by atoms with van der Waals surface area (Å²) in [6, 6.07) is 5.59. The van der Waals surface area contributed by atoms with Gasteiger partial charge in [0.05, 0.1) is 17.3 Å². The van der Waals surface area contributed by atoms with Gasteiger partial charge in [0, 0.05) is 5.69 Å². The molecule has 1 heterocycles. The molecule has 0 unspecified atom stereocenters. The van der Waals surface area contributed by atoms with Gasteiger partial charge in [-0.3, -0.25) is 0 Å². The number of hydrogen-bond donors (Lipinski definition) is 1. The third-order valence-corrected chi connectivity index (χ3v) is 2.86. The van der Waals surface area contributed by atoms with Crippen LogP contribution in [-0.4, -0.2) is 4.98 Å². The van der Waals surface area contributed by atoms with E-state index < -0.39 is 23.5 Å². The maximum absolute atomic E-state index is 13.1. The molecular weight excluding hydrogens is 315 g/mol. The molecule has 0 fully saturated rings.